The van der Waals surface area contributed by atoms with Crippen molar-refractivity contribution in [1.29, 1.82) is 0 Å². The molecule has 116 valence electrons. The van der Waals surface area contributed by atoms with Gasteiger partial charge in [0.25, 0.3) is 0 Å². The Balaban J connectivity index is 1.72. The highest BCUT2D eigenvalue weighted by atomic mass is 32.2. The quantitative estimate of drug-likeness (QED) is 0.644. The van der Waals surface area contributed by atoms with Crippen LogP contribution in [0.5, 0.6) is 0 Å². The van der Waals surface area contributed by atoms with E-state index >= 15 is 0 Å². The summed E-state index contributed by atoms with van der Waals surface area (Å²) in [6.45, 7) is 5.90. The second-order valence-electron chi connectivity index (χ2n) is 5.97. The van der Waals surface area contributed by atoms with Crippen LogP contribution in [0.3, 0.4) is 0 Å². The molecule has 1 amide bonds. The molecule has 0 saturated carbocycles. The molecule has 4 nitrogen and oxygen atoms in total. The molecule has 3 rings (SSSR count). The smallest absolute Gasteiger partial charge is 0.232 e. The number of carbonyl (C=O) groups is 1. The fraction of sp³-hybridized carbons (Fsp3) is 0.471. The van der Waals surface area contributed by atoms with E-state index in [1.54, 1.807) is 0 Å². The highest BCUT2D eigenvalue weighted by Gasteiger charge is 2.21. The molecule has 1 aromatic carbocycles. The Morgan fingerprint density at radius 2 is 2.18 bits per heavy atom. The molecule has 0 aliphatic carbocycles. The summed E-state index contributed by atoms with van der Waals surface area (Å²) in [5.74, 6) is 2.04. The van der Waals surface area contributed by atoms with Crippen LogP contribution in [0.4, 0.5) is 0 Å². The number of aryl methyl sites for hydroxylation is 1. The van der Waals surface area contributed by atoms with Gasteiger partial charge in [0.1, 0.15) is 10.9 Å². The third-order valence-corrected chi connectivity index (χ3v) is 5.00. The van der Waals surface area contributed by atoms with Crippen molar-refractivity contribution in [2.24, 2.45) is 5.92 Å². The molecule has 1 saturated heterocycles. The van der Waals surface area contributed by atoms with Gasteiger partial charge in [-0.1, -0.05) is 36.9 Å². The first-order valence-electron chi connectivity index (χ1n) is 7.77. The van der Waals surface area contributed by atoms with Crippen molar-refractivity contribution in [1.82, 2.24) is 14.9 Å². The van der Waals surface area contributed by atoms with Crippen LogP contribution in [0.1, 0.15) is 25.6 Å². The summed E-state index contributed by atoms with van der Waals surface area (Å²) in [6, 6.07) is 7.97. The standard InChI is InChI=1S/C17H21N3OS/c1-12-6-5-9-20(10-12)16(21)11-22-17-14-7-3-4-8-15(14)18-13(2)19-17/h3-4,7-8,12H,5-6,9-11H2,1-2H3/t12-/m0/s1. The molecule has 1 aliphatic heterocycles. The van der Waals surface area contributed by atoms with Crippen molar-refractivity contribution in [3.63, 3.8) is 0 Å². The molecule has 1 aromatic heterocycles. The van der Waals surface area contributed by atoms with Crippen molar-refractivity contribution >= 4 is 28.6 Å². The van der Waals surface area contributed by atoms with Crippen LogP contribution >= 0.6 is 11.8 Å². The largest absolute Gasteiger partial charge is 0.342 e. The monoisotopic (exact) mass is 315 g/mol. The van der Waals surface area contributed by atoms with E-state index in [2.05, 4.69) is 16.9 Å². The molecule has 0 spiro atoms. The molecule has 22 heavy (non-hydrogen) atoms. The highest BCUT2D eigenvalue weighted by molar-refractivity contribution is 8.00. The van der Waals surface area contributed by atoms with Gasteiger partial charge in [-0.05, 0) is 31.7 Å². The van der Waals surface area contributed by atoms with E-state index in [1.165, 1.54) is 18.2 Å². The van der Waals surface area contributed by atoms with E-state index in [9.17, 15) is 4.79 Å². The van der Waals surface area contributed by atoms with Gasteiger partial charge in [0.2, 0.25) is 5.91 Å². The fourth-order valence-electron chi connectivity index (χ4n) is 2.91. The molecular weight excluding hydrogens is 294 g/mol. The number of benzene rings is 1. The first kappa shape index (κ1) is 15.3. The topological polar surface area (TPSA) is 46.1 Å². The van der Waals surface area contributed by atoms with Crippen molar-refractivity contribution in [2.75, 3.05) is 18.8 Å². The zero-order valence-electron chi connectivity index (χ0n) is 13.1. The molecule has 1 fully saturated rings. The first-order valence-corrected chi connectivity index (χ1v) is 8.76. The van der Waals surface area contributed by atoms with Crippen LogP contribution in [-0.4, -0.2) is 39.6 Å². The number of nitrogens with zero attached hydrogens (tertiary/aromatic N) is 3. The average molecular weight is 315 g/mol. The van der Waals surface area contributed by atoms with Crippen molar-refractivity contribution in [3.8, 4) is 0 Å². The zero-order valence-corrected chi connectivity index (χ0v) is 13.9. The molecule has 0 radical (unpaired) electrons. The minimum Gasteiger partial charge on any atom is -0.342 e. The van der Waals surface area contributed by atoms with Gasteiger partial charge < -0.3 is 4.90 Å². The Bertz CT molecular complexity index is 689. The van der Waals surface area contributed by atoms with Gasteiger partial charge in [-0.25, -0.2) is 9.97 Å². The summed E-state index contributed by atoms with van der Waals surface area (Å²) in [7, 11) is 0. The van der Waals surface area contributed by atoms with Crippen molar-refractivity contribution in [2.45, 2.75) is 31.7 Å². The average Bonchev–Trinajstić information content (AvgIpc) is 2.52. The minimum atomic E-state index is 0.219. The van der Waals surface area contributed by atoms with Gasteiger partial charge in [0.05, 0.1) is 11.3 Å². The van der Waals surface area contributed by atoms with Crippen LogP contribution < -0.4 is 0 Å². The van der Waals surface area contributed by atoms with Crippen molar-refractivity contribution < 1.29 is 4.79 Å². The van der Waals surface area contributed by atoms with Gasteiger partial charge in [0.15, 0.2) is 0 Å². The number of fused-ring (bicyclic) bond motifs is 1. The summed E-state index contributed by atoms with van der Waals surface area (Å²) >= 11 is 1.52. The lowest BCUT2D eigenvalue weighted by atomic mass is 10.0. The van der Waals surface area contributed by atoms with Crippen molar-refractivity contribution in [3.05, 3.63) is 30.1 Å². The van der Waals surface area contributed by atoms with E-state index in [4.69, 9.17) is 0 Å². The second-order valence-corrected chi connectivity index (χ2v) is 6.93. The molecule has 0 N–H and O–H groups in total. The number of para-hydroxylation sites is 1. The van der Waals surface area contributed by atoms with Crippen LogP contribution in [0.2, 0.25) is 0 Å². The maximum atomic E-state index is 12.4. The Kier molecular flexibility index (Phi) is 4.62. The van der Waals surface area contributed by atoms with Crippen LogP contribution in [-0.2, 0) is 4.79 Å². The number of carbonyl (C=O) groups excluding carboxylic acids is 1. The lowest BCUT2D eigenvalue weighted by Crippen LogP contribution is -2.40. The zero-order chi connectivity index (χ0) is 15.5. The fourth-order valence-corrected chi connectivity index (χ4v) is 3.87. The number of aromatic nitrogens is 2. The lowest BCUT2D eigenvalue weighted by Gasteiger charge is -2.30. The maximum absolute atomic E-state index is 12.4. The van der Waals surface area contributed by atoms with Gasteiger partial charge >= 0.3 is 0 Å². The number of hydrogen-bond donors (Lipinski definition) is 0. The lowest BCUT2D eigenvalue weighted by molar-refractivity contribution is -0.130. The van der Waals surface area contributed by atoms with Gasteiger partial charge in [-0.2, -0.15) is 0 Å². The molecule has 2 aromatic rings. The number of likely N-dealkylation sites (tertiary alicyclic amines) is 1. The summed E-state index contributed by atoms with van der Waals surface area (Å²) in [4.78, 5) is 23.4. The van der Waals surface area contributed by atoms with Crippen LogP contribution in [0, 0.1) is 12.8 Å². The predicted octanol–water partition coefficient (Wildman–Crippen LogP) is 3.29. The summed E-state index contributed by atoms with van der Waals surface area (Å²) < 4.78 is 0. The molecule has 5 heteroatoms. The molecular formula is C17H21N3OS. The Hall–Kier alpha value is -1.62. The normalized spacial score (nSPS) is 18.6. The van der Waals surface area contributed by atoms with Gasteiger partial charge in [-0.15, -0.1) is 0 Å². The van der Waals surface area contributed by atoms with E-state index in [1.807, 2.05) is 36.1 Å². The number of piperidine rings is 1. The third-order valence-electron chi connectivity index (χ3n) is 4.02. The van der Waals surface area contributed by atoms with E-state index < -0.39 is 0 Å². The molecule has 1 atom stereocenters. The van der Waals surface area contributed by atoms with E-state index in [-0.39, 0.29) is 5.91 Å². The third kappa shape index (κ3) is 3.40. The number of thioether (sulfide) groups is 1. The maximum Gasteiger partial charge on any atom is 0.232 e. The predicted molar refractivity (Wildman–Crippen MR) is 90.0 cm³/mol. The van der Waals surface area contributed by atoms with Crippen LogP contribution in [0.15, 0.2) is 29.3 Å². The van der Waals surface area contributed by atoms with Gasteiger partial charge in [0, 0.05) is 18.5 Å². The SMILES string of the molecule is Cc1nc(SCC(=O)N2CCC[C@H](C)C2)c2ccccc2n1. The Morgan fingerprint density at radius 3 is 3.00 bits per heavy atom. The number of hydrogen-bond acceptors (Lipinski definition) is 4. The second kappa shape index (κ2) is 6.65. The number of rotatable bonds is 3. The minimum absolute atomic E-state index is 0.219. The summed E-state index contributed by atoms with van der Waals surface area (Å²) in [5, 5.41) is 1.93. The molecule has 1 aliphatic rings. The molecule has 2 heterocycles. The van der Waals surface area contributed by atoms with Crippen LogP contribution in [0.25, 0.3) is 10.9 Å². The highest BCUT2D eigenvalue weighted by Crippen LogP contribution is 2.26. The van der Waals surface area contributed by atoms with E-state index in [0.717, 1.165) is 41.3 Å². The number of amides is 1. The Labute approximate surface area is 135 Å². The molecule has 0 bridgehead atoms. The Morgan fingerprint density at radius 1 is 1.36 bits per heavy atom. The summed E-state index contributed by atoms with van der Waals surface area (Å²) in [5.41, 5.74) is 0.941. The first-order chi connectivity index (χ1) is 10.6. The van der Waals surface area contributed by atoms with E-state index in [0.29, 0.717) is 11.7 Å². The summed E-state index contributed by atoms with van der Waals surface area (Å²) in [6.07, 6.45) is 2.35. The van der Waals surface area contributed by atoms with Gasteiger partial charge in [-0.3, -0.25) is 4.79 Å². The molecule has 0 unspecified atom stereocenters.